The molecule has 1 aromatic heterocycles. The Labute approximate surface area is 109 Å². The number of carbonyl (C=O) groups is 2. The fourth-order valence-corrected chi connectivity index (χ4v) is 1.87. The molecule has 0 radical (unpaired) electrons. The van der Waals surface area contributed by atoms with Crippen LogP contribution in [-0.2, 0) is 16.1 Å². The molecule has 6 nitrogen and oxygen atoms in total. The quantitative estimate of drug-likeness (QED) is 0.826. The number of hydrogen-bond acceptors (Lipinski definition) is 4. The van der Waals surface area contributed by atoms with Gasteiger partial charge >= 0.3 is 0 Å². The van der Waals surface area contributed by atoms with Crippen molar-refractivity contribution in [1.29, 1.82) is 0 Å². The second kappa shape index (κ2) is 4.81. The van der Waals surface area contributed by atoms with Crippen molar-refractivity contribution in [3.8, 4) is 0 Å². The van der Waals surface area contributed by atoms with Gasteiger partial charge in [-0.05, 0) is 12.1 Å². The molecular weight excluding hydrogens is 256 g/mol. The van der Waals surface area contributed by atoms with Crippen LogP contribution in [-0.4, -0.2) is 46.7 Å². The van der Waals surface area contributed by atoms with Gasteiger partial charge in [-0.3, -0.25) is 9.59 Å². The molecule has 7 heteroatoms. The number of carbonyl (C=O) groups excluding carboxylic acids is 2. The van der Waals surface area contributed by atoms with E-state index in [4.69, 9.17) is 17.3 Å². The maximum atomic E-state index is 11.8. The minimum atomic E-state index is -0.127. The van der Waals surface area contributed by atoms with Crippen molar-refractivity contribution in [3.63, 3.8) is 0 Å². The second-order valence-electron chi connectivity index (χ2n) is 4.16. The number of aromatic nitrogens is 1. The summed E-state index contributed by atoms with van der Waals surface area (Å²) in [6.07, 6.45) is 0. The van der Waals surface area contributed by atoms with Gasteiger partial charge in [0.2, 0.25) is 11.8 Å². The van der Waals surface area contributed by atoms with Crippen LogP contribution in [0.2, 0.25) is 5.02 Å². The van der Waals surface area contributed by atoms with E-state index in [9.17, 15) is 9.59 Å². The number of halogens is 1. The summed E-state index contributed by atoms with van der Waals surface area (Å²) in [6.45, 7) is 0.323. The van der Waals surface area contributed by atoms with E-state index in [-0.39, 0.29) is 31.4 Å². The molecule has 1 aliphatic rings. The summed E-state index contributed by atoms with van der Waals surface area (Å²) in [5.41, 5.74) is 6.07. The summed E-state index contributed by atoms with van der Waals surface area (Å²) in [6, 6.07) is 3.21. The summed E-state index contributed by atoms with van der Waals surface area (Å²) in [7, 11) is 1.60. The van der Waals surface area contributed by atoms with E-state index in [1.165, 1.54) is 9.80 Å². The van der Waals surface area contributed by atoms with E-state index in [2.05, 4.69) is 4.98 Å². The molecule has 1 saturated heterocycles. The summed E-state index contributed by atoms with van der Waals surface area (Å²) in [5, 5.41) is 0.434. The first-order valence-corrected chi connectivity index (χ1v) is 5.78. The van der Waals surface area contributed by atoms with Crippen molar-refractivity contribution in [2.24, 2.45) is 0 Å². The molecule has 0 atom stereocenters. The lowest BCUT2D eigenvalue weighted by Gasteiger charge is -2.31. The average molecular weight is 269 g/mol. The highest BCUT2D eigenvalue weighted by Gasteiger charge is 2.28. The van der Waals surface area contributed by atoms with Crippen molar-refractivity contribution in [2.75, 3.05) is 25.9 Å². The zero-order valence-corrected chi connectivity index (χ0v) is 10.6. The van der Waals surface area contributed by atoms with Crippen LogP contribution in [0.5, 0.6) is 0 Å². The normalized spacial score (nSPS) is 16.3. The van der Waals surface area contributed by atoms with E-state index in [1.54, 1.807) is 19.2 Å². The van der Waals surface area contributed by atoms with Crippen LogP contribution in [0, 0.1) is 0 Å². The molecule has 1 fully saturated rings. The molecule has 2 N–H and O–H groups in total. The highest BCUT2D eigenvalue weighted by atomic mass is 35.5. The first kappa shape index (κ1) is 12.6. The van der Waals surface area contributed by atoms with E-state index in [0.29, 0.717) is 16.5 Å². The molecule has 2 heterocycles. The maximum absolute atomic E-state index is 11.8. The van der Waals surface area contributed by atoms with Crippen molar-refractivity contribution in [3.05, 3.63) is 22.8 Å². The van der Waals surface area contributed by atoms with Gasteiger partial charge in [-0.25, -0.2) is 4.98 Å². The van der Waals surface area contributed by atoms with Gasteiger partial charge < -0.3 is 15.5 Å². The highest BCUT2D eigenvalue weighted by Crippen LogP contribution is 2.18. The number of nitrogens with zero attached hydrogens (tertiary/aromatic N) is 3. The third-order valence-electron chi connectivity index (χ3n) is 2.76. The Morgan fingerprint density at radius 3 is 2.78 bits per heavy atom. The van der Waals surface area contributed by atoms with Crippen LogP contribution in [0.3, 0.4) is 0 Å². The third kappa shape index (κ3) is 2.53. The van der Waals surface area contributed by atoms with E-state index >= 15 is 0 Å². The fourth-order valence-electron chi connectivity index (χ4n) is 1.70. The number of rotatable bonds is 2. The Morgan fingerprint density at radius 2 is 2.06 bits per heavy atom. The number of anilines is 1. The topological polar surface area (TPSA) is 79.5 Å². The molecule has 96 valence electrons. The minimum Gasteiger partial charge on any atom is -0.384 e. The van der Waals surface area contributed by atoms with Gasteiger partial charge in [0, 0.05) is 7.05 Å². The number of amides is 2. The van der Waals surface area contributed by atoms with Gasteiger partial charge in [-0.2, -0.15) is 0 Å². The van der Waals surface area contributed by atoms with Crippen molar-refractivity contribution >= 4 is 29.2 Å². The standard InChI is InChI=1S/C11H13ClN4O2/c1-15-5-11(18)16(6-10(15)17)4-8-7(12)2-3-9(13)14-8/h2-3H,4-6H2,1H3,(H2,13,14). The largest absolute Gasteiger partial charge is 0.384 e. The summed E-state index contributed by atoms with van der Waals surface area (Å²) >= 11 is 5.98. The molecule has 0 aromatic carbocycles. The van der Waals surface area contributed by atoms with Crippen molar-refractivity contribution in [1.82, 2.24) is 14.8 Å². The first-order valence-electron chi connectivity index (χ1n) is 5.40. The van der Waals surface area contributed by atoms with E-state index in [1.807, 2.05) is 0 Å². The Kier molecular flexibility index (Phi) is 3.38. The number of nitrogens with two attached hydrogens (primary N) is 1. The van der Waals surface area contributed by atoms with Crippen LogP contribution < -0.4 is 5.73 Å². The fraction of sp³-hybridized carbons (Fsp3) is 0.364. The molecule has 2 rings (SSSR count). The Morgan fingerprint density at radius 1 is 1.33 bits per heavy atom. The van der Waals surface area contributed by atoms with E-state index in [0.717, 1.165) is 0 Å². The van der Waals surface area contributed by atoms with Crippen molar-refractivity contribution < 1.29 is 9.59 Å². The molecule has 18 heavy (non-hydrogen) atoms. The lowest BCUT2D eigenvalue weighted by molar-refractivity contribution is -0.149. The predicted molar refractivity (Wildman–Crippen MR) is 66.7 cm³/mol. The minimum absolute atomic E-state index is 0.0438. The number of hydrogen-bond donors (Lipinski definition) is 1. The Bertz CT molecular complexity index is 506. The molecule has 0 saturated carbocycles. The molecular formula is C11H13ClN4O2. The molecule has 2 amide bonds. The highest BCUT2D eigenvalue weighted by molar-refractivity contribution is 6.31. The van der Waals surface area contributed by atoms with Gasteiger partial charge in [0.25, 0.3) is 0 Å². The number of pyridine rings is 1. The monoisotopic (exact) mass is 268 g/mol. The van der Waals surface area contributed by atoms with E-state index < -0.39 is 0 Å². The predicted octanol–water partition coefficient (Wildman–Crippen LogP) is 0.118. The molecule has 1 aromatic rings. The zero-order chi connectivity index (χ0) is 13.3. The summed E-state index contributed by atoms with van der Waals surface area (Å²) < 4.78 is 0. The second-order valence-corrected chi connectivity index (χ2v) is 4.57. The van der Waals surface area contributed by atoms with Crippen LogP contribution in [0.4, 0.5) is 5.82 Å². The number of nitrogen functional groups attached to an aromatic ring is 1. The van der Waals surface area contributed by atoms with Gasteiger partial charge in [-0.1, -0.05) is 11.6 Å². The van der Waals surface area contributed by atoms with Gasteiger partial charge in [0.05, 0.1) is 23.8 Å². The molecule has 0 aliphatic carbocycles. The van der Waals surface area contributed by atoms with Gasteiger partial charge in [-0.15, -0.1) is 0 Å². The average Bonchev–Trinajstić information content (AvgIpc) is 2.30. The first-order chi connectivity index (χ1) is 8.47. The summed E-state index contributed by atoms with van der Waals surface area (Å²) in [4.78, 5) is 30.2. The van der Waals surface area contributed by atoms with Crippen LogP contribution in [0.1, 0.15) is 5.69 Å². The number of likely N-dealkylation sites (N-methyl/N-ethyl adjacent to an activating group) is 1. The lowest BCUT2D eigenvalue weighted by atomic mass is 10.2. The van der Waals surface area contributed by atoms with Gasteiger partial charge in [0.1, 0.15) is 12.4 Å². The molecule has 0 bridgehead atoms. The van der Waals surface area contributed by atoms with Gasteiger partial charge in [0.15, 0.2) is 0 Å². The SMILES string of the molecule is CN1CC(=O)N(Cc2nc(N)ccc2Cl)CC1=O. The lowest BCUT2D eigenvalue weighted by Crippen LogP contribution is -2.51. The van der Waals surface area contributed by atoms with Crippen molar-refractivity contribution in [2.45, 2.75) is 6.54 Å². The maximum Gasteiger partial charge on any atom is 0.243 e. The zero-order valence-electron chi connectivity index (χ0n) is 9.89. The Hall–Kier alpha value is -1.82. The summed E-state index contributed by atoms with van der Waals surface area (Å²) in [5.74, 6) is 0.106. The Balaban J connectivity index is 2.16. The molecule has 1 aliphatic heterocycles. The molecule has 0 spiro atoms. The van der Waals surface area contributed by atoms with Crippen LogP contribution >= 0.6 is 11.6 Å². The third-order valence-corrected chi connectivity index (χ3v) is 3.10. The number of piperazine rings is 1. The molecule has 0 unspecified atom stereocenters. The smallest absolute Gasteiger partial charge is 0.243 e. The van der Waals surface area contributed by atoms with Crippen LogP contribution in [0.15, 0.2) is 12.1 Å². The van der Waals surface area contributed by atoms with Crippen LogP contribution in [0.25, 0.3) is 0 Å².